The van der Waals surface area contributed by atoms with Crippen LogP contribution in [0.3, 0.4) is 0 Å². The van der Waals surface area contributed by atoms with E-state index in [-0.39, 0.29) is 6.54 Å². The van der Waals surface area contributed by atoms with Gasteiger partial charge in [0, 0.05) is 74.7 Å². The van der Waals surface area contributed by atoms with Crippen molar-refractivity contribution in [3.63, 3.8) is 0 Å². The van der Waals surface area contributed by atoms with Gasteiger partial charge in [-0.25, -0.2) is 15.0 Å². The third-order valence-corrected chi connectivity index (χ3v) is 6.27. The average molecular weight is 520 g/mol. The van der Waals surface area contributed by atoms with Crippen molar-refractivity contribution >= 4 is 29.3 Å². The summed E-state index contributed by atoms with van der Waals surface area (Å²) in [5.74, 6) is -0.129. The number of carboxylic acid groups (broad SMARTS) is 1. The van der Waals surface area contributed by atoms with E-state index in [2.05, 4.69) is 30.5 Å². The molecule has 0 atom stereocenters. The molecule has 4 rings (SSSR count). The van der Waals surface area contributed by atoms with E-state index in [0.29, 0.717) is 56.6 Å². The Morgan fingerprint density at radius 1 is 0.974 bits per heavy atom. The van der Waals surface area contributed by atoms with Crippen molar-refractivity contribution < 1.29 is 14.7 Å². The van der Waals surface area contributed by atoms with Gasteiger partial charge in [-0.1, -0.05) is 0 Å². The van der Waals surface area contributed by atoms with E-state index in [1.165, 1.54) is 0 Å². The summed E-state index contributed by atoms with van der Waals surface area (Å²) < 4.78 is 0. The molecule has 0 saturated carbocycles. The summed E-state index contributed by atoms with van der Waals surface area (Å²) in [5.41, 5.74) is 15.0. The summed E-state index contributed by atoms with van der Waals surface area (Å²) >= 11 is 0. The summed E-state index contributed by atoms with van der Waals surface area (Å²) in [4.78, 5) is 40.3. The van der Waals surface area contributed by atoms with Crippen LogP contribution in [0.5, 0.6) is 0 Å². The number of carbonyl (C=O) groups excluding carboxylic acids is 1. The number of pyridine rings is 1. The number of nitrogens with zero attached hydrogens (tertiary/aromatic N) is 5. The lowest BCUT2D eigenvalue weighted by molar-refractivity contribution is -0.138. The van der Waals surface area contributed by atoms with Crippen molar-refractivity contribution in [1.82, 2.24) is 24.8 Å². The summed E-state index contributed by atoms with van der Waals surface area (Å²) in [6, 6.07) is 9.21. The van der Waals surface area contributed by atoms with Gasteiger partial charge in [0.1, 0.15) is 5.82 Å². The van der Waals surface area contributed by atoms with Gasteiger partial charge in [0.2, 0.25) is 11.9 Å². The molecular formula is C26H33N9O3. The monoisotopic (exact) mass is 519 g/mol. The molecule has 3 heterocycles. The van der Waals surface area contributed by atoms with Crippen LogP contribution >= 0.6 is 0 Å². The minimum absolute atomic E-state index is 0.0355. The fourth-order valence-electron chi connectivity index (χ4n) is 4.28. The van der Waals surface area contributed by atoms with Crippen LogP contribution in [-0.4, -0.2) is 87.5 Å². The second kappa shape index (κ2) is 12.9. The maximum Gasteiger partial charge on any atom is 0.317 e. The number of carbonyl (C=O) groups is 2. The van der Waals surface area contributed by atoms with Gasteiger partial charge in [0.15, 0.2) is 0 Å². The Morgan fingerprint density at radius 2 is 1.71 bits per heavy atom. The number of amides is 1. The Labute approximate surface area is 221 Å². The first-order valence-electron chi connectivity index (χ1n) is 12.5. The summed E-state index contributed by atoms with van der Waals surface area (Å²) in [6.45, 7) is 4.61. The molecule has 1 aliphatic rings. The molecule has 1 amide bonds. The van der Waals surface area contributed by atoms with Gasteiger partial charge in [-0.2, -0.15) is 0 Å². The summed E-state index contributed by atoms with van der Waals surface area (Å²) in [6.07, 6.45) is 6.07. The Kier molecular flexibility index (Phi) is 9.14. The normalized spacial score (nSPS) is 14.2. The number of aromatic nitrogens is 3. The van der Waals surface area contributed by atoms with E-state index in [9.17, 15) is 9.59 Å². The summed E-state index contributed by atoms with van der Waals surface area (Å²) in [5, 5.41) is 15.5. The largest absolute Gasteiger partial charge is 0.480 e. The van der Waals surface area contributed by atoms with Crippen LogP contribution in [0.25, 0.3) is 11.1 Å². The first-order chi connectivity index (χ1) is 18.4. The molecule has 1 aliphatic heterocycles. The van der Waals surface area contributed by atoms with Gasteiger partial charge in [0.05, 0.1) is 6.54 Å². The number of aliphatic carboxylic acids is 1. The van der Waals surface area contributed by atoms with Gasteiger partial charge in [-0.3, -0.25) is 19.4 Å². The predicted molar refractivity (Wildman–Crippen MR) is 145 cm³/mol. The lowest BCUT2D eigenvalue weighted by Gasteiger charge is -2.34. The highest BCUT2D eigenvalue weighted by molar-refractivity contribution is 5.95. The molecule has 0 unspecified atom stereocenters. The Bertz CT molecular complexity index is 1240. The highest BCUT2D eigenvalue weighted by Crippen LogP contribution is 2.25. The molecule has 2 aromatic heterocycles. The van der Waals surface area contributed by atoms with E-state index < -0.39 is 11.9 Å². The third kappa shape index (κ3) is 7.44. The molecule has 1 saturated heterocycles. The van der Waals surface area contributed by atoms with Crippen molar-refractivity contribution in [2.45, 2.75) is 13.0 Å². The molecule has 7 N–H and O–H groups in total. The van der Waals surface area contributed by atoms with E-state index >= 15 is 0 Å². The number of hydrogen-bond acceptors (Lipinski definition) is 10. The number of rotatable bonds is 12. The first kappa shape index (κ1) is 26.9. The number of piperazine rings is 1. The maximum absolute atomic E-state index is 12.1. The van der Waals surface area contributed by atoms with Gasteiger partial charge >= 0.3 is 5.97 Å². The van der Waals surface area contributed by atoms with Crippen molar-refractivity contribution in [3.8, 4) is 11.1 Å². The van der Waals surface area contributed by atoms with E-state index in [4.69, 9.17) is 16.6 Å². The molecule has 1 fully saturated rings. The molecule has 12 heteroatoms. The zero-order chi connectivity index (χ0) is 26.9. The van der Waals surface area contributed by atoms with Gasteiger partial charge in [-0.15, -0.1) is 0 Å². The molecule has 1 aromatic carbocycles. The molecule has 0 radical (unpaired) electrons. The maximum atomic E-state index is 12.1. The van der Waals surface area contributed by atoms with Crippen LogP contribution < -0.4 is 22.1 Å². The number of primary amides is 1. The van der Waals surface area contributed by atoms with Crippen molar-refractivity contribution in [3.05, 3.63) is 60.0 Å². The minimum atomic E-state index is -0.828. The van der Waals surface area contributed by atoms with E-state index in [0.717, 1.165) is 35.3 Å². The summed E-state index contributed by atoms with van der Waals surface area (Å²) in [7, 11) is 0. The van der Waals surface area contributed by atoms with Crippen LogP contribution in [0.2, 0.25) is 0 Å². The Hall–Kier alpha value is -4.13. The van der Waals surface area contributed by atoms with Crippen LogP contribution in [0.15, 0.2) is 48.9 Å². The van der Waals surface area contributed by atoms with Crippen LogP contribution in [0, 0.1) is 0 Å². The molecule has 38 heavy (non-hydrogen) atoms. The number of carboxylic acids is 1. The van der Waals surface area contributed by atoms with Crippen LogP contribution in [0.1, 0.15) is 22.3 Å². The molecule has 0 spiro atoms. The number of benzene rings is 1. The van der Waals surface area contributed by atoms with E-state index in [1.54, 1.807) is 30.7 Å². The standard InChI is InChI=1S/C26H33N9O3/c27-5-1-6-30-26-31-14-20(15-32-26)18-4-7-29-23(13-18)33-21-2-3-22(25(28)38)19(12-21)16-34-8-10-35(11-9-34)17-24(36)37/h2-4,7,12-15H,1,5-6,8-11,16-17,27H2,(H2,28,38)(H,29,33)(H,36,37)(H,30,31,32). The first-order valence-corrected chi connectivity index (χ1v) is 12.5. The molecule has 0 bridgehead atoms. The number of anilines is 3. The number of nitrogens with two attached hydrogens (primary N) is 2. The quantitative estimate of drug-likeness (QED) is 0.218. The Morgan fingerprint density at radius 3 is 2.39 bits per heavy atom. The molecule has 0 aliphatic carbocycles. The van der Waals surface area contributed by atoms with Gasteiger partial charge in [0.25, 0.3) is 0 Å². The average Bonchev–Trinajstić information content (AvgIpc) is 2.90. The number of nitrogens with one attached hydrogen (secondary N) is 2. The second-order valence-corrected chi connectivity index (χ2v) is 9.10. The molecule has 200 valence electrons. The Balaban J connectivity index is 1.44. The third-order valence-electron chi connectivity index (χ3n) is 6.27. The van der Waals surface area contributed by atoms with Crippen molar-refractivity contribution in [1.29, 1.82) is 0 Å². The van der Waals surface area contributed by atoms with Crippen molar-refractivity contribution in [2.24, 2.45) is 11.5 Å². The van der Waals surface area contributed by atoms with E-state index in [1.807, 2.05) is 23.1 Å². The fraction of sp³-hybridized carbons (Fsp3) is 0.346. The topological polar surface area (TPSA) is 176 Å². The van der Waals surface area contributed by atoms with Crippen LogP contribution in [-0.2, 0) is 11.3 Å². The number of hydrogen-bond donors (Lipinski definition) is 5. The second-order valence-electron chi connectivity index (χ2n) is 9.10. The van der Waals surface area contributed by atoms with Crippen LogP contribution in [0.4, 0.5) is 17.5 Å². The highest BCUT2D eigenvalue weighted by atomic mass is 16.4. The smallest absolute Gasteiger partial charge is 0.317 e. The zero-order valence-electron chi connectivity index (χ0n) is 21.1. The molecule has 12 nitrogen and oxygen atoms in total. The lowest BCUT2D eigenvalue weighted by Crippen LogP contribution is -2.47. The fourth-order valence-corrected chi connectivity index (χ4v) is 4.28. The van der Waals surface area contributed by atoms with Crippen molar-refractivity contribution in [2.75, 3.05) is 56.4 Å². The molecule has 3 aromatic rings. The predicted octanol–water partition coefficient (Wildman–Crippen LogP) is 1.34. The SMILES string of the molecule is NCCCNc1ncc(-c2ccnc(Nc3ccc(C(N)=O)c(CN4CCN(CC(=O)O)CC4)c3)c2)cn1. The van der Waals surface area contributed by atoms with Gasteiger partial charge < -0.3 is 27.2 Å². The highest BCUT2D eigenvalue weighted by Gasteiger charge is 2.20. The molecular weight excluding hydrogens is 486 g/mol. The lowest BCUT2D eigenvalue weighted by atomic mass is 10.0. The minimum Gasteiger partial charge on any atom is -0.480 e. The zero-order valence-corrected chi connectivity index (χ0v) is 21.1. The van der Waals surface area contributed by atoms with Gasteiger partial charge in [-0.05, 0) is 54.4 Å².